The molecule has 0 aliphatic heterocycles. The summed E-state index contributed by atoms with van der Waals surface area (Å²) in [6.45, 7) is 0. The van der Waals surface area contributed by atoms with Crippen LogP contribution in [-0.2, 0) is 9.68 Å². The Morgan fingerprint density at radius 1 is 0.595 bits per heavy atom. The lowest BCUT2D eigenvalue weighted by atomic mass is 9.99. The third kappa shape index (κ3) is 8.42. The number of rotatable bonds is 11. The first-order valence-electron chi connectivity index (χ1n) is 13.0. The molecular formula is C32H26Cl2N2O6. The smallest absolute Gasteiger partial charge is 0.365 e. The van der Waals surface area contributed by atoms with Gasteiger partial charge in [-0.25, -0.2) is 9.59 Å². The second kappa shape index (κ2) is 14.8. The zero-order valence-corrected chi connectivity index (χ0v) is 23.8. The maximum Gasteiger partial charge on any atom is 0.365 e. The van der Waals surface area contributed by atoms with Crippen LogP contribution in [0.5, 0.6) is 11.5 Å². The minimum absolute atomic E-state index is 0.0761. The number of oxime groups is 2. The molecule has 0 unspecified atom stereocenters. The maximum atomic E-state index is 12.5. The molecule has 0 fully saturated rings. The van der Waals surface area contributed by atoms with Crippen LogP contribution in [0.1, 0.15) is 57.5 Å². The van der Waals surface area contributed by atoms with E-state index in [9.17, 15) is 19.8 Å². The summed E-state index contributed by atoms with van der Waals surface area (Å²) >= 11 is 12.3. The van der Waals surface area contributed by atoms with Crippen LogP contribution in [0.2, 0.25) is 10.0 Å². The Kier molecular flexibility index (Phi) is 10.7. The van der Waals surface area contributed by atoms with E-state index in [-0.39, 0.29) is 24.3 Å². The molecule has 0 spiro atoms. The monoisotopic (exact) mass is 604 g/mol. The molecule has 0 aliphatic carbocycles. The first-order chi connectivity index (χ1) is 20.3. The molecule has 0 heterocycles. The van der Waals surface area contributed by atoms with E-state index < -0.39 is 11.9 Å². The van der Waals surface area contributed by atoms with Gasteiger partial charge >= 0.3 is 11.9 Å². The number of phenols is 2. The van der Waals surface area contributed by atoms with Crippen LogP contribution in [-0.4, -0.2) is 33.6 Å². The number of phenolic OH excluding ortho intramolecular Hbond substituents is 2. The van der Waals surface area contributed by atoms with Crippen LogP contribution in [0.15, 0.2) is 107 Å². The fraction of sp³-hybridized carbons (Fsp3) is 0.125. The SMILES string of the molecule is O=C(O/N=C(/CCCC/C(=N\OC(=O)c1ccccc1)c1cc(Cl)ccc1O)c1cc(Cl)ccc1O)c1ccccc1. The summed E-state index contributed by atoms with van der Waals surface area (Å²) in [5, 5.41) is 29.8. The molecule has 214 valence electrons. The van der Waals surface area contributed by atoms with Crippen molar-refractivity contribution in [2.45, 2.75) is 25.7 Å². The number of hydrogen-bond donors (Lipinski definition) is 2. The molecule has 0 radical (unpaired) electrons. The number of unbranched alkanes of at least 4 members (excludes halogenated alkanes) is 1. The van der Waals surface area contributed by atoms with Gasteiger partial charge in [0.2, 0.25) is 0 Å². The van der Waals surface area contributed by atoms with Gasteiger partial charge in [-0.1, -0.05) is 69.9 Å². The lowest BCUT2D eigenvalue weighted by Crippen LogP contribution is -2.09. The lowest BCUT2D eigenvalue weighted by molar-refractivity contribution is 0.0506. The van der Waals surface area contributed by atoms with Crippen molar-refractivity contribution in [2.75, 3.05) is 0 Å². The molecule has 0 amide bonds. The van der Waals surface area contributed by atoms with E-state index in [1.54, 1.807) is 60.7 Å². The lowest BCUT2D eigenvalue weighted by Gasteiger charge is -2.11. The fourth-order valence-corrected chi connectivity index (χ4v) is 4.31. The number of benzene rings is 4. The Bertz CT molecular complexity index is 1490. The average Bonchev–Trinajstić information content (AvgIpc) is 3.01. The highest BCUT2D eigenvalue weighted by Crippen LogP contribution is 2.27. The van der Waals surface area contributed by atoms with Crippen molar-refractivity contribution in [3.8, 4) is 11.5 Å². The number of carbonyl (C=O) groups is 2. The van der Waals surface area contributed by atoms with Gasteiger partial charge in [-0.15, -0.1) is 0 Å². The van der Waals surface area contributed by atoms with E-state index in [2.05, 4.69) is 10.3 Å². The van der Waals surface area contributed by atoms with E-state index in [4.69, 9.17) is 32.9 Å². The van der Waals surface area contributed by atoms with Crippen LogP contribution in [0.25, 0.3) is 0 Å². The predicted molar refractivity (Wildman–Crippen MR) is 161 cm³/mol. The number of halogens is 2. The number of carbonyl (C=O) groups excluding carboxylic acids is 2. The van der Waals surface area contributed by atoms with E-state index in [1.807, 2.05) is 0 Å². The molecule has 4 aromatic rings. The first-order valence-corrected chi connectivity index (χ1v) is 13.7. The molecule has 8 nitrogen and oxygen atoms in total. The standard InChI is InChI=1S/C32H26Cl2N2O6/c33-23-15-17-29(37)25(19-23)27(35-41-31(39)21-9-3-1-4-10-21)13-7-8-14-28(26-20-24(34)16-18-30(26)38)36-42-32(40)22-11-5-2-6-12-22/h1-6,9-12,15-20,37-38H,7-8,13-14H2/b35-27-,36-28+. The van der Waals surface area contributed by atoms with Gasteiger partial charge in [-0.3, -0.25) is 0 Å². The van der Waals surface area contributed by atoms with Gasteiger partial charge in [-0.2, -0.15) is 0 Å². The predicted octanol–water partition coefficient (Wildman–Crippen LogP) is 7.79. The van der Waals surface area contributed by atoms with Crippen LogP contribution in [0.4, 0.5) is 0 Å². The van der Waals surface area contributed by atoms with Crippen LogP contribution < -0.4 is 0 Å². The average molecular weight is 605 g/mol. The summed E-state index contributed by atoms with van der Waals surface area (Å²) in [6, 6.07) is 25.8. The molecule has 0 atom stereocenters. The van der Waals surface area contributed by atoms with Gasteiger partial charge < -0.3 is 19.9 Å². The van der Waals surface area contributed by atoms with Gasteiger partial charge in [0, 0.05) is 21.2 Å². The molecule has 4 rings (SSSR count). The summed E-state index contributed by atoms with van der Waals surface area (Å²) in [5.74, 6) is -1.46. The van der Waals surface area contributed by atoms with Gasteiger partial charge in [0.25, 0.3) is 0 Å². The highest BCUT2D eigenvalue weighted by molar-refractivity contribution is 6.31. The highest BCUT2D eigenvalue weighted by Gasteiger charge is 2.16. The van der Waals surface area contributed by atoms with Gasteiger partial charge in [0.05, 0.1) is 22.6 Å². The van der Waals surface area contributed by atoms with Gasteiger partial charge in [0.15, 0.2) is 0 Å². The quantitative estimate of drug-likeness (QED) is 0.0780. The highest BCUT2D eigenvalue weighted by atomic mass is 35.5. The Morgan fingerprint density at radius 3 is 1.36 bits per heavy atom. The Balaban J connectivity index is 1.51. The normalized spacial score (nSPS) is 11.7. The van der Waals surface area contributed by atoms with Crippen molar-refractivity contribution in [3.05, 3.63) is 129 Å². The topological polar surface area (TPSA) is 118 Å². The minimum Gasteiger partial charge on any atom is -0.507 e. The summed E-state index contributed by atoms with van der Waals surface area (Å²) in [6.07, 6.45) is 1.55. The van der Waals surface area contributed by atoms with Crippen LogP contribution in [0, 0.1) is 0 Å². The van der Waals surface area contributed by atoms with Crippen molar-refractivity contribution >= 4 is 46.6 Å². The third-order valence-corrected chi connectivity index (χ3v) is 6.58. The van der Waals surface area contributed by atoms with Crippen LogP contribution >= 0.6 is 23.2 Å². The largest absolute Gasteiger partial charge is 0.507 e. The Morgan fingerprint density at radius 2 is 0.976 bits per heavy atom. The molecule has 0 aliphatic rings. The number of hydrogen-bond acceptors (Lipinski definition) is 8. The molecule has 0 saturated carbocycles. The zero-order valence-electron chi connectivity index (χ0n) is 22.2. The fourth-order valence-electron chi connectivity index (χ4n) is 3.97. The molecule has 4 aromatic carbocycles. The molecule has 0 saturated heterocycles. The Hall–Kier alpha value is -4.66. The molecule has 42 heavy (non-hydrogen) atoms. The molecule has 2 N–H and O–H groups in total. The van der Waals surface area contributed by atoms with Crippen molar-refractivity contribution in [1.29, 1.82) is 0 Å². The van der Waals surface area contributed by atoms with E-state index >= 15 is 0 Å². The van der Waals surface area contributed by atoms with Crippen molar-refractivity contribution in [2.24, 2.45) is 10.3 Å². The van der Waals surface area contributed by atoms with Crippen molar-refractivity contribution < 1.29 is 29.5 Å². The minimum atomic E-state index is -0.652. The maximum absolute atomic E-state index is 12.5. The number of nitrogens with zero attached hydrogens (tertiary/aromatic N) is 2. The van der Waals surface area contributed by atoms with Gasteiger partial charge in [-0.05, 0) is 86.3 Å². The van der Waals surface area contributed by atoms with E-state index in [1.165, 1.54) is 36.4 Å². The van der Waals surface area contributed by atoms with Gasteiger partial charge in [0.1, 0.15) is 11.5 Å². The molecule has 0 bridgehead atoms. The van der Waals surface area contributed by atoms with E-state index in [0.29, 0.717) is 56.6 Å². The van der Waals surface area contributed by atoms with Crippen molar-refractivity contribution in [3.63, 3.8) is 0 Å². The summed E-state index contributed by atoms with van der Waals surface area (Å²) in [7, 11) is 0. The van der Waals surface area contributed by atoms with E-state index in [0.717, 1.165) is 0 Å². The molecular weight excluding hydrogens is 579 g/mol. The zero-order chi connectivity index (χ0) is 29.9. The Labute approximate surface area is 252 Å². The molecule has 0 aromatic heterocycles. The second-order valence-electron chi connectivity index (χ2n) is 9.10. The van der Waals surface area contributed by atoms with Crippen LogP contribution in [0.3, 0.4) is 0 Å². The second-order valence-corrected chi connectivity index (χ2v) is 9.97. The summed E-state index contributed by atoms with van der Waals surface area (Å²) in [4.78, 5) is 35.4. The summed E-state index contributed by atoms with van der Waals surface area (Å²) in [5.41, 5.74) is 1.90. The first kappa shape index (κ1) is 30.3. The third-order valence-electron chi connectivity index (χ3n) is 6.11. The van der Waals surface area contributed by atoms with Crippen molar-refractivity contribution in [1.82, 2.24) is 0 Å². The summed E-state index contributed by atoms with van der Waals surface area (Å²) < 4.78 is 0. The number of aromatic hydroxyl groups is 2. The molecule has 10 heteroatoms.